The summed E-state index contributed by atoms with van der Waals surface area (Å²) in [6, 6.07) is 5.29. The first-order valence-electron chi connectivity index (χ1n) is 6.24. The standard InChI is InChI=1S/C13H12B2O4/c1-2-17-11(16)12(5-6-12)8-3-4-9-10(7-8)19-13(14,15)18-9/h3-4,7H,2,5-6H2,1H3. The molecule has 1 aliphatic carbocycles. The fourth-order valence-electron chi connectivity index (χ4n) is 2.34. The minimum atomic E-state index is -1.64. The lowest BCUT2D eigenvalue weighted by molar-refractivity contribution is -0.146. The quantitative estimate of drug-likeness (QED) is 0.596. The van der Waals surface area contributed by atoms with Gasteiger partial charge in [0.05, 0.1) is 12.0 Å². The molecule has 6 heteroatoms. The molecule has 0 spiro atoms. The molecule has 3 rings (SSSR count). The number of hydrogen-bond acceptors (Lipinski definition) is 4. The lowest BCUT2D eigenvalue weighted by Gasteiger charge is -2.18. The van der Waals surface area contributed by atoms with Gasteiger partial charge < -0.3 is 14.2 Å². The molecule has 19 heavy (non-hydrogen) atoms. The van der Waals surface area contributed by atoms with E-state index in [0.29, 0.717) is 18.1 Å². The summed E-state index contributed by atoms with van der Waals surface area (Å²) in [5.74, 6) is 0.743. The Morgan fingerprint density at radius 2 is 2.00 bits per heavy atom. The number of ether oxygens (including phenoxy) is 3. The number of carbonyl (C=O) groups is 1. The van der Waals surface area contributed by atoms with Crippen LogP contribution in [0.5, 0.6) is 11.5 Å². The van der Waals surface area contributed by atoms with Gasteiger partial charge in [0.25, 0.3) is 0 Å². The van der Waals surface area contributed by atoms with Gasteiger partial charge in [-0.3, -0.25) is 4.79 Å². The van der Waals surface area contributed by atoms with Crippen molar-refractivity contribution in [3.63, 3.8) is 0 Å². The van der Waals surface area contributed by atoms with Crippen molar-refractivity contribution in [2.75, 3.05) is 6.61 Å². The van der Waals surface area contributed by atoms with Crippen molar-refractivity contribution in [1.29, 1.82) is 0 Å². The first kappa shape index (κ1) is 12.5. The van der Waals surface area contributed by atoms with Gasteiger partial charge in [0.2, 0.25) is 0 Å². The van der Waals surface area contributed by atoms with Crippen LogP contribution in [0.1, 0.15) is 25.3 Å². The third-order valence-electron chi connectivity index (χ3n) is 3.45. The number of rotatable bonds is 3. The maximum absolute atomic E-state index is 12.0. The molecule has 1 fully saturated rings. The Morgan fingerprint density at radius 3 is 2.63 bits per heavy atom. The highest BCUT2D eigenvalue weighted by molar-refractivity contribution is 6.38. The molecule has 4 nitrogen and oxygen atoms in total. The molecule has 0 N–H and O–H groups in total. The van der Waals surface area contributed by atoms with Crippen LogP contribution in [0.15, 0.2) is 18.2 Å². The fraction of sp³-hybridized carbons (Fsp3) is 0.462. The third kappa shape index (κ3) is 1.99. The second-order valence-corrected chi connectivity index (χ2v) is 4.89. The Bertz CT molecular complexity index is 537. The molecule has 94 valence electrons. The van der Waals surface area contributed by atoms with Gasteiger partial charge in [-0.2, -0.15) is 0 Å². The summed E-state index contributed by atoms with van der Waals surface area (Å²) in [5, 5.41) is 0. The van der Waals surface area contributed by atoms with Gasteiger partial charge in [0.15, 0.2) is 32.8 Å². The molecule has 2 aliphatic rings. The van der Waals surface area contributed by atoms with Crippen LogP contribution in [-0.4, -0.2) is 33.9 Å². The zero-order valence-electron chi connectivity index (χ0n) is 10.6. The van der Waals surface area contributed by atoms with E-state index in [4.69, 9.17) is 29.9 Å². The van der Waals surface area contributed by atoms with Crippen molar-refractivity contribution in [2.45, 2.75) is 30.8 Å². The number of carbonyl (C=O) groups excluding carboxylic acids is 1. The summed E-state index contributed by atoms with van der Waals surface area (Å²) < 4.78 is 15.6. The van der Waals surface area contributed by atoms with Crippen molar-refractivity contribution >= 4 is 21.7 Å². The molecule has 1 aromatic carbocycles. The van der Waals surface area contributed by atoms with E-state index in [1.807, 2.05) is 6.07 Å². The highest BCUT2D eigenvalue weighted by Gasteiger charge is 2.53. The second kappa shape index (κ2) is 3.95. The minimum Gasteiger partial charge on any atom is -0.468 e. The van der Waals surface area contributed by atoms with Crippen LogP contribution in [0.2, 0.25) is 0 Å². The van der Waals surface area contributed by atoms with Gasteiger partial charge in [-0.15, -0.1) is 0 Å². The predicted molar refractivity (Wildman–Crippen MR) is 69.5 cm³/mol. The number of fused-ring (bicyclic) bond motifs is 1. The van der Waals surface area contributed by atoms with E-state index in [9.17, 15) is 4.79 Å². The molecule has 0 atom stereocenters. The van der Waals surface area contributed by atoms with Crippen molar-refractivity contribution in [1.82, 2.24) is 0 Å². The summed E-state index contributed by atoms with van der Waals surface area (Å²) in [6.45, 7) is 2.17. The van der Waals surface area contributed by atoms with Crippen LogP contribution in [0.4, 0.5) is 0 Å². The van der Waals surface area contributed by atoms with Crippen molar-refractivity contribution in [3.05, 3.63) is 23.8 Å². The Kier molecular flexibility index (Phi) is 2.59. The molecule has 0 amide bonds. The minimum absolute atomic E-state index is 0.194. The van der Waals surface area contributed by atoms with Gasteiger partial charge in [-0.05, 0) is 37.5 Å². The molecule has 0 aromatic heterocycles. The van der Waals surface area contributed by atoms with Gasteiger partial charge in [-0.25, -0.2) is 0 Å². The van der Waals surface area contributed by atoms with Crippen molar-refractivity contribution in [3.8, 4) is 11.5 Å². The Morgan fingerprint density at radius 1 is 1.32 bits per heavy atom. The van der Waals surface area contributed by atoms with E-state index in [0.717, 1.165) is 18.4 Å². The maximum Gasteiger partial charge on any atom is 0.316 e. The second-order valence-electron chi connectivity index (χ2n) is 4.89. The van der Waals surface area contributed by atoms with Crippen LogP contribution in [0, 0.1) is 0 Å². The van der Waals surface area contributed by atoms with Crippen molar-refractivity contribution in [2.24, 2.45) is 0 Å². The zero-order valence-corrected chi connectivity index (χ0v) is 10.6. The first-order valence-corrected chi connectivity index (χ1v) is 6.24. The molecular formula is C13H12B2O4. The van der Waals surface area contributed by atoms with Crippen LogP contribution in [-0.2, 0) is 14.9 Å². The van der Waals surface area contributed by atoms with Crippen LogP contribution in [0.3, 0.4) is 0 Å². The van der Waals surface area contributed by atoms with Gasteiger partial charge in [-0.1, -0.05) is 6.07 Å². The molecule has 4 radical (unpaired) electrons. The Hall–Kier alpha value is -1.58. The highest BCUT2D eigenvalue weighted by Crippen LogP contribution is 2.51. The SMILES string of the molecule is [B]C1([B])Oc2ccc(C3(C(=O)OCC)CC3)cc2O1. The van der Waals surface area contributed by atoms with Crippen LogP contribution in [0.25, 0.3) is 0 Å². The first-order chi connectivity index (χ1) is 8.97. The highest BCUT2D eigenvalue weighted by atomic mass is 16.7. The third-order valence-corrected chi connectivity index (χ3v) is 3.45. The summed E-state index contributed by atoms with van der Waals surface area (Å²) in [7, 11) is 11.1. The van der Waals surface area contributed by atoms with Gasteiger partial charge in [0, 0.05) is 0 Å². The summed E-state index contributed by atoms with van der Waals surface area (Å²) in [6.07, 6.45) is 1.56. The predicted octanol–water partition coefficient (Wildman–Crippen LogP) is 1.00. The average molecular weight is 254 g/mol. The number of esters is 1. The van der Waals surface area contributed by atoms with E-state index < -0.39 is 11.0 Å². The summed E-state index contributed by atoms with van der Waals surface area (Å²) in [5.41, 5.74) is -1.32. The maximum atomic E-state index is 12.0. The normalized spacial score (nSPS) is 20.9. The molecule has 0 bridgehead atoms. The monoisotopic (exact) mass is 254 g/mol. The molecule has 0 unspecified atom stereocenters. The molecular weight excluding hydrogens is 242 g/mol. The topological polar surface area (TPSA) is 44.8 Å². The van der Waals surface area contributed by atoms with E-state index in [-0.39, 0.29) is 5.97 Å². The van der Waals surface area contributed by atoms with E-state index in [2.05, 4.69) is 0 Å². The fourth-order valence-corrected chi connectivity index (χ4v) is 2.34. The average Bonchev–Trinajstić information content (AvgIpc) is 3.07. The molecule has 1 aromatic rings. The van der Waals surface area contributed by atoms with E-state index in [1.54, 1.807) is 19.1 Å². The van der Waals surface area contributed by atoms with Crippen LogP contribution >= 0.6 is 0 Å². The van der Waals surface area contributed by atoms with E-state index in [1.165, 1.54) is 0 Å². The lowest BCUT2D eigenvalue weighted by atomic mass is 9.76. The van der Waals surface area contributed by atoms with Crippen molar-refractivity contribution < 1.29 is 19.0 Å². The Labute approximate surface area is 114 Å². The summed E-state index contributed by atoms with van der Waals surface area (Å²) >= 11 is 0. The van der Waals surface area contributed by atoms with Gasteiger partial charge in [0.1, 0.15) is 0 Å². The zero-order chi connectivity index (χ0) is 13.7. The molecule has 1 aliphatic heterocycles. The number of hydrogen-bond donors (Lipinski definition) is 0. The summed E-state index contributed by atoms with van der Waals surface area (Å²) in [4.78, 5) is 12.0. The lowest BCUT2D eigenvalue weighted by Crippen LogP contribution is -2.39. The number of benzene rings is 1. The van der Waals surface area contributed by atoms with Crippen LogP contribution < -0.4 is 9.47 Å². The largest absolute Gasteiger partial charge is 0.468 e. The molecule has 1 heterocycles. The Balaban J connectivity index is 1.91. The van der Waals surface area contributed by atoms with E-state index >= 15 is 0 Å². The molecule has 1 saturated carbocycles. The molecule has 0 saturated heterocycles. The smallest absolute Gasteiger partial charge is 0.316 e. The van der Waals surface area contributed by atoms with Gasteiger partial charge >= 0.3 is 5.97 Å².